The normalized spacial score (nSPS) is 14.4. The fraction of sp³-hybridized carbons (Fsp3) is 0.357. The van der Waals surface area contributed by atoms with E-state index in [9.17, 15) is 4.79 Å². The van der Waals surface area contributed by atoms with Crippen LogP contribution in [0.25, 0.3) is 0 Å². The number of Topliss-reactive ketones (excluding diaryl/α,β-unsaturated/α-hetero) is 1. The Kier molecular flexibility index (Phi) is 3.40. The summed E-state index contributed by atoms with van der Waals surface area (Å²) in [5.74, 6) is 0.687. The van der Waals surface area contributed by atoms with E-state index in [4.69, 9.17) is 4.74 Å². The van der Waals surface area contributed by atoms with E-state index < -0.39 is 0 Å². The molecule has 1 aromatic rings. The second-order valence-electron chi connectivity index (χ2n) is 4.12. The van der Waals surface area contributed by atoms with Gasteiger partial charge in [-0.1, -0.05) is 29.8 Å². The van der Waals surface area contributed by atoms with E-state index in [-0.39, 0.29) is 5.78 Å². The minimum absolute atomic E-state index is 0.124. The van der Waals surface area contributed by atoms with Gasteiger partial charge in [0.05, 0.1) is 6.61 Å². The van der Waals surface area contributed by atoms with Crippen LogP contribution >= 0.6 is 0 Å². The fourth-order valence-corrected chi connectivity index (χ4v) is 1.86. The van der Waals surface area contributed by atoms with Crippen molar-refractivity contribution in [1.82, 2.24) is 0 Å². The van der Waals surface area contributed by atoms with Crippen LogP contribution in [0, 0.1) is 6.92 Å². The number of benzene rings is 1. The molecule has 2 heteroatoms. The smallest absolute Gasteiger partial charge is 0.197 e. The SMILES string of the molecule is Cc1cccc(CCC(=O)C2=CCCO2)c1. The average molecular weight is 216 g/mol. The van der Waals surface area contributed by atoms with Gasteiger partial charge in [-0.3, -0.25) is 4.79 Å². The van der Waals surface area contributed by atoms with Crippen LogP contribution in [0.3, 0.4) is 0 Å². The van der Waals surface area contributed by atoms with Crippen molar-refractivity contribution in [2.45, 2.75) is 26.2 Å². The standard InChI is InChI=1S/C14H16O2/c1-11-4-2-5-12(10-11)7-8-13(15)14-6-3-9-16-14/h2,4-6,10H,3,7-9H2,1H3. The molecule has 0 amide bonds. The maximum absolute atomic E-state index is 11.7. The van der Waals surface area contributed by atoms with E-state index in [1.165, 1.54) is 11.1 Å². The van der Waals surface area contributed by atoms with Gasteiger partial charge in [0.15, 0.2) is 11.5 Å². The number of hydrogen-bond donors (Lipinski definition) is 0. The molecule has 1 heterocycles. The van der Waals surface area contributed by atoms with Gasteiger partial charge in [-0.15, -0.1) is 0 Å². The van der Waals surface area contributed by atoms with Crippen molar-refractivity contribution < 1.29 is 9.53 Å². The van der Waals surface area contributed by atoms with Gasteiger partial charge in [-0.25, -0.2) is 0 Å². The van der Waals surface area contributed by atoms with Gasteiger partial charge >= 0.3 is 0 Å². The summed E-state index contributed by atoms with van der Waals surface area (Å²) in [5.41, 5.74) is 2.45. The number of ketones is 1. The van der Waals surface area contributed by atoms with Gasteiger partial charge < -0.3 is 4.74 Å². The summed E-state index contributed by atoms with van der Waals surface area (Å²) in [5, 5.41) is 0. The summed E-state index contributed by atoms with van der Waals surface area (Å²) in [6.07, 6.45) is 4.08. The predicted octanol–water partition coefficient (Wildman–Crippen LogP) is 2.80. The summed E-state index contributed by atoms with van der Waals surface area (Å²) >= 11 is 0. The molecule has 0 fully saturated rings. The molecular weight excluding hydrogens is 200 g/mol. The van der Waals surface area contributed by atoms with Gasteiger partial charge in [0.2, 0.25) is 0 Å². The minimum atomic E-state index is 0.124. The Labute approximate surface area is 95.9 Å². The van der Waals surface area contributed by atoms with Crippen molar-refractivity contribution in [3.8, 4) is 0 Å². The first-order valence-corrected chi connectivity index (χ1v) is 5.67. The van der Waals surface area contributed by atoms with Crippen molar-refractivity contribution in [1.29, 1.82) is 0 Å². The zero-order chi connectivity index (χ0) is 11.4. The molecule has 0 saturated heterocycles. The van der Waals surface area contributed by atoms with Gasteiger partial charge in [0, 0.05) is 12.8 Å². The van der Waals surface area contributed by atoms with Crippen LogP contribution in [0.1, 0.15) is 24.0 Å². The molecule has 0 bridgehead atoms. The Morgan fingerprint density at radius 3 is 3.00 bits per heavy atom. The van der Waals surface area contributed by atoms with Crippen molar-refractivity contribution in [2.24, 2.45) is 0 Å². The topological polar surface area (TPSA) is 26.3 Å². The largest absolute Gasteiger partial charge is 0.490 e. The van der Waals surface area contributed by atoms with Crippen LogP contribution in [0.15, 0.2) is 36.1 Å². The van der Waals surface area contributed by atoms with E-state index in [0.29, 0.717) is 18.8 Å². The Morgan fingerprint density at radius 2 is 2.31 bits per heavy atom. The van der Waals surface area contributed by atoms with Crippen LogP contribution in [0.4, 0.5) is 0 Å². The Morgan fingerprint density at radius 1 is 1.44 bits per heavy atom. The molecule has 0 unspecified atom stereocenters. The first kappa shape index (κ1) is 10.9. The van der Waals surface area contributed by atoms with Crippen LogP contribution in [-0.2, 0) is 16.0 Å². The second kappa shape index (κ2) is 4.97. The highest BCUT2D eigenvalue weighted by Gasteiger charge is 2.14. The highest BCUT2D eigenvalue weighted by atomic mass is 16.5. The van der Waals surface area contributed by atoms with E-state index in [1.807, 2.05) is 12.1 Å². The zero-order valence-corrected chi connectivity index (χ0v) is 9.53. The number of carbonyl (C=O) groups is 1. The molecule has 1 aromatic carbocycles. The van der Waals surface area contributed by atoms with E-state index in [1.54, 1.807) is 0 Å². The van der Waals surface area contributed by atoms with Crippen LogP contribution in [-0.4, -0.2) is 12.4 Å². The lowest BCUT2D eigenvalue weighted by molar-refractivity contribution is -0.118. The molecule has 2 nitrogen and oxygen atoms in total. The Hall–Kier alpha value is -1.57. The summed E-state index contributed by atoms with van der Waals surface area (Å²) in [7, 11) is 0. The van der Waals surface area contributed by atoms with E-state index in [0.717, 1.165) is 12.8 Å². The quantitative estimate of drug-likeness (QED) is 0.773. The third-order valence-electron chi connectivity index (χ3n) is 2.70. The van der Waals surface area contributed by atoms with Crippen molar-refractivity contribution in [3.63, 3.8) is 0 Å². The first-order chi connectivity index (χ1) is 7.75. The van der Waals surface area contributed by atoms with Crippen molar-refractivity contribution >= 4 is 5.78 Å². The lowest BCUT2D eigenvalue weighted by Gasteiger charge is -2.04. The third kappa shape index (κ3) is 2.72. The van der Waals surface area contributed by atoms with Crippen molar-refractivity contribution in [2.75, 3.05) is 6.61 Å². The number of hydrogen-bond acceptors (Lipinski definition) is 2. The van der Waals surface area contributed by atoms with Crippen LogP contribution < -0.4 is 0 Å². The molecule has 0 saturated carbocycles. The molecule has 0 atom stereocenters. The molecule has 84 valence electrons. The van der Waals surface area contributed by atoms with Gasteiger partial charge in [0.25, 0.3) is 0 Å². The molecule has 0 radical (unpaired) electrons. The monoisotopic (exact) mass is 216 g/mol. The molecule has 1 aliphatic rings. The average Bonchev–Trinajstić information content (AvgIpc) is 2.79. The molecule has 0 spiro atoms. The van der Waals surface area contributed by atoms with E-state index in [2.05, 4.69) is 25.1 Å². The summed E-state index contributed by atoms with van der Waals surface area (Å²) in [4.78, 5) is 11.7. The van der Waals surface area contributed by atoms with Gasteiger partial charge in [-0.2, -0.15) is 0 Å². The number of aryl methyl sites for hydroxylation is 2. The predicted molar refractivity (Wildman–Crippen MR) is 63.2 cm³/mol. The van der Waals surface area contributed by atoms with Crippen LogP contribution in [0.5, 0.6) is 0 Å². The lowest BCUT2D eigenvalue weighted by atomic mass is 10.0. The molecule has 2 rings (SSSR count). The number of ether oxygens (including phenoxy) is 1. The Balaban J connectivity index is 1.90. The summed E-state index contributed by atoms with van der Waals surface area (Å²) in [6.45, 7) is 2.72. The van der Waals surface area contributed by atoms with Gasteiger partial charge in [0.1, 0.15) is 0 Å². The number of carbonyl (C=O) groups excluding carboxylic acids is 1. The maximum Gasteiger partial charge on any atom is 0.197 e. The molecule has 16 heavy (non-hydrogen) atoms. The molecule has 0 aliphatic carbocycles. The highest BCUT2D eigenvalue weighted by molar-refractivity contribution is 5.93. The maximum atomic E-state index is 11.7. The first-order valence-electron chi connectivity index (χ1n) is 5.67. The number of rotatable bonds is 4. The highest BCUT2D eigenvalue weighted by Crippen LogP contribution is 2.14. The van der Waals surface area contributed by atoms with Gasteiger partial charge in [-0.05, 0) is 25.0 Å². The zero-order valence-electron chi connectivity index (χ0n) is 9.53. The van der Waals surface area contributed by atoms with Crippen LogP contribution in [0.2, 0.25) is 0 Å². The second-order valence-corrected chi connectivity index (χ2v) is 4.12. The molecule has 1 aliphatic heterocycles. The Bertz CT molecular complexity index is 418. The summed E-state index contributed by atoms with van der Waals surface area (Å²) in [6, 6.07) is 8.27. The molecular formula is C14H16O2. The van der Waals surface area contributed by atoms with Crippen molar-refractivity contribution in [3.05, 3.63) is 47.2 Å². The third-order valence-corrected chi connectivity index (χ3v) is 2.70. The molecule has 0 aromatic heterocycles. The van der Waals surface area contributed by atoms with E-state index >= 15 is 0 Å². The molecule has 0 N–H and O–H groups in total. The summed E-state index contributed by atoms with van der Waals surface area (Å²) < 4.78 is 5.24. The minimum Gasteiger partial charge on any atom is -0.490 e. The fourth-order valence-electron chi connectivity index (χ4n) is 1.86. The lowest BCUT2D eigenvalue weighted by Crippen LogP contribution is -2.04. The number of allylic oxidation sites excluding steroid dienone is 1.